The molecule has 49 heavy (non-hydrogen) atoms. The Morgan fingerprint density at radius 3 is 1.92 bits per heavy atom. The van der Waals surface area contributed by atoms with E-state index in [9.17, 15) is 0 Å². The summed E-state index contributed by atoms with van der Waals surface area (Å²) in [5, 5.41) is 8.34. The normalized spacial score (nSPS) is 14.0. The molecule has 0 spiro atoms. The number of fused-ring (bicyclic) bond motifs is 9. The molecule has 0 saturated heterocycles. The standard InChI is InChI=1S/C47H36O2/c1-46(2,3)29-19-20-38-35(24-29)36-26-42-37(25-39(36)47(38,4)5)45-34(15-10-16-40(45)49-42)44-32-13-8-6-11-30(32)43(31-12-7-9-14-33(31)44)28-18-17-27-21-22-48-41(27)23-28/h6-26H,1-5H3. The Morgan fingerprint density at radius 2 is 1.20 bits per heavy atom. The molecule has 0 N–H and O–H groups in total. The number of hydrogen-bond donors (Lipinski definition) is 0. The Kier molecular flexibility index (Phi) is 5.65. The van der Waals surface area contributed by atoms with Crippen molar-refractivity contribution in [3.8, 4) is 33.4 Å². The lowest BCUT2D eigenvalue weighted by Crippen LogP contribution is -2.16. The monoisotopic (exact) mass is 632 g/mol. The minimum Gasteiger partial charge on any atom is -0.464 e. The van der Waals surface area contributed by atoms with Crippen LogP contribution in [-0.2, 0) is 10.8 Å². The fraction of sp³-hybridized carbons (Fsp3) is 0.149. The maximum Gasteiger partial charge on any atom is 0.136 e. The van der Waals surface area contributed by atoms with Gasteiger partial charge < -0.3 is 8.83 Å². The molecule has 0 fully saturated rings. The topological polar surface area (TPSA) is 26.3 Å². The van der Waals surface area contributed by atoms with Gasteiger partial charge in [-0.25, -0.2) is 0 Å². The number of rotatable bonds is 2. The zero-order valence-electron chi connectivity index (χ0n) is 28.4. The van der Waals surface area contributed by atoms with Crippen molar-refractivity contribution in [3.05, 3.63) is 144 Å². The first-order valence-corrected chi connectivity index (χ1v) is 17.2. The maximum absolute atomic E-state index is 6.76. The summed E-state index contributed by atoms with van der Waals surface area (Å²) in [7, 11) is 0. The molecular formula is C47H36O2. The van der Waals surface area contributed by atoms with Crippen LogP contribution in [0.1, 0.15) is 51.3 Å². The van der Waals surface area contributed by atoms with Gasteiger partial charge in [0, 0.05) is 21.6 Å². The molecule has 2 heterocycles. The molecule has 2 heteroatoms. The third kappa shape index (κ3) is 3.95. The van der Waals surface area contributed by atoms with E-state index >= 15 is 0 Å². The van der Waals surface area contributed by atoms with Gasteiger partial charge in [0.25, 0.3) is 0 Å². The first kappa shape index (κ1) is 28.4. The van der Waals surface area contributed by atoms with Crippen molar-refractivity contribution < 1.29 is 8.83 Å². The lowest BCUT2D eigenvalue weighted by molar-refractivity contribution is 0.589. The van der Waals surface area contributed by atoms with Gasteiger partial charge >= 0.3 is 0 Å². The van der Waals surface area contributed by atoms with Crippen molar-refractivity contribution in [1.29, 1.82) is 0 Å². The van der Waals surface area contributed by atoms with E-state index in [1.807, 2.05) is 6.07 Å². The summed E-state index contributed by atoms with van der Waals surface area (Å²) in [5.74, 6) is 0. The summed E-state index contributed by atoms with van der Waals surface area (Å²) in [5.41, 5.74) is 14.2. The van der Waals surface area contributed by atoms with Gasteiger partial charge in [-0.1, -0.05) is 126 Å². The van der Waals surface area contributed by atoms with Crippen LogP contribution in [-0.4, -0.2) is 0 Å². The van der Waals surface area contributed by atoms with E-state index in [0.717, 1.165) is 27.7 Å². The predicted octanol–water partition coefficient (Wildman–Crippen LogP) is 13.6. The molecule has 0 amide bonds. The van der Waals surface area contributed by atoms with E-state index in [-0.39, 0.29) is 10.8 Å². The quantitative estimate of drug-likeness (QED) is 0.177. The van der Waals surface area contributed by atoms with Gasteiger partial charge in [-0.05, 0) is 107 Å². The Bertz CT molecular complexity index is 2770. The van der Waals surface area contributed by atoms with Crippen LogP contribution < -0.4 is 0 Å². The molecule has 1 aliphatic rings. The number of furan rings is 2. The second-order valence-corrected chi connectivity index (χ2v) is 15.3. The number of hydrogen-bond acceptors (Lipinski definition) is 2. The molecule has 0 atom stereocenters. The molecule has 0 radical (unpaired) electrons. The summed E-state index contributed by atoms with van der Waals surface area (Å²) < 4.78 is 12.6. The third-order valence-corrected chi connectivity index (χ3v) is 11.1. The highest BCUT2D eigenvalue weighted by Crippen LogP contribution is 2.53. The van der Waals surface area contributed by atoms with Gasteiger partial charge in [0.05, 0.1) is 6.26 Å². The average Bonchev–Trinajstić information content (AvgIpc) is 3.78. The van der Waals surface area contributed by atoms with Crippen molar-refractivity contribution >= 4 is 54.5 Å². The molecule has 10 rings (SSSR count). The highest BCUT2D eigenvalue weighted by Gasteiger charge is 2.37. The van der Waals surface area contributed by atoms with Crippen LogP contribution >= 0.6 is 0 Å². The molecule has 0 bridgehead atoms. The smallest absolute Gasteiger partial charge is 0.136 e. The lowest BCUT2D eigenvalue weighted by atomic mass is 9.80. The fourth-order valence-electron chi connectivity index (χ4n) is 8.58. The molecule has 9 aromatic rings. The Labute approximate surface area is 285 Å². The van der Waals surface area contributed by atoms with Gasteiger partial charge in [0.15, 0.2) is 0 Å². The second kappa shape index (κ2) is 9.74. The SMILES string of the molecule is CC(C)(C)c1ccc2c(c1)-c1cc3oc4cccc(-c5c6ccccc6c(-c6ccc7ccoc7c6)c6ccccc56)c4c3cc1C2(C)C. The van der Waals surface area contributed by atoms with E-state index in [2.05, 4.69) is 150 Å². The van der Waals surface area contributed by atoms with Crippen LogP contribution in [0.15, 0.2) is 136 Å². The van der Waals surface area contributed by atoms with Crippen LogP contribution in [0.3, 0.4) is 0 Å². The highest BCUT2D eigenvalue weighted by atomic mass is 16.3. The van der Waals surface area contributed by atoms with Gasteiger partial charge in [0.2, 0.25) is 0 Å². The molecule has 0 aliphatic heterocycles. The van der Waals surface area contributed by atoms with Crippen molar-refractivity contribution in [2.24, 2.45) is 0 Å². The van der Waals surface area contributed by atoms with Gasteiger partial charge in [-0.2, -0.15) is 0 Å². The molecule has 236 valence electrons. The van der Waals surface area contributed by atoms with Gasteiger partial charge in [-0.15, -0.1) is 0 Å². The van der Waals surface area contributed by atoms with Crippen molar-refractivity contribution in [2.45, 2.75) is 45.4 Å². The van der Waals surface area contributed by atoms with Gasteiger partial charge in [0.1, 0.15) is 16.7 Å². The molecule has 2 nitrogen and oxygen atoms in total. The predicted molar refractivity (Wildman–Crippen MR) is 206 cm³/mol. The van der Waals surface area contributed by atoms with E-state index < -0.39 is 0 Å². The minimum atomic E-state index is -0.121. The largest absolute Gasteiger partial charge is 0.464 e. The average molecular weight is 633 g/mol. The molecule has 2 aromatic heterocycles. The lowest BCUT2D eigenvalue weighted by Gasteiger charge is -2.23. The highest BCUT2D eigenvalue weighted by molar-refractivity contribution is 6.26. The Hall–Kier alpha value is -5.60. The summed E-state index contributed by atoms with van der Waals surface area (Å²) in [6, 6.07) is 44.6. The zero-order valence-corrected chi connectivity index (χ0v) is 28.4. The van der Waals surface area contributed by atoms with E-state index in [1.54, 1.807) is 6.26 Å². The van der Waals surface area contributed by atoms with Crippen LogP contribution in [0, 0.1) is 0 Å². The van der Waals surface area contributed by atoms with Crippen LogP contribution in [0.5, 0.6) is 0 Å². The van der Waals surface area contributed by atoms with E-state index in [0.29, 0.717) is 0 Å². The molecule has 0 saturated carbocycles. The summed E-state index contributed by atoms with van der Waals surface area (Å²) in [4.78, 5) is 0. The molecule has 1 aliphatic carbocycles. The number of benzene rings is 7. The first-order chi connectivity index (χ1) is 23.7. The van der Waals surface area contributed by atoms with Gasteiger partial charge in [-0.3, -0.25) is 0 Å². The summed E-state index contributed by atoms with van der Waals surface area (Å²) in [6.45, 7) is 11.6. The van der Waals surface area contributed by atoms with Crippen molar-refractivity contribution in [1.82, 2.24) is 0 Å². The minimum absolute atomic E-state index is 0.0763. The molecular weight excluding hydrogens is 597 g/mol. The zero-order chi connectivity index (χ0) is 33.2. The summed E-state index contributed by atoms with van der Waals surface area (Å²) >= 11 is 0. The summed E-state index contributed by atoms with van der Waals surface area (Å²) in [6.07, 6.45) is 1.77. The van der Waals surface area contributed by atoms with E-state index in [1.165, 1.54) is 76.8 Å². The van der Waals surface area contributed by atoms with Crippen LogP contribution in [0.2, 0.25) is 0 Å². The molecule has 7 aromatic carbocycles. The molecule has 0 unspecified atom stereocenters. The van der Waals surface area contributed by atoms with Crippen LogP contribution in [0.25, 0.3) is 87.8 Å². The second-order valence-electron chi connectivity index (χ2n) is 15.3. The fourth-order valence-corrected chi connectivity index (χ4v) is 8.58. The Balaban J connectivity index is 1.27. The third-order valence-electron chi connectivity index (χ3n) is 11.1. The van der Waals surface area contributed by atoms with Crippen LogP contribution in [0.4, 0.5) is 0 Å². The van der Waals surface area contributed by atoms with Crippen molar-refractivity contribution in [2.75, 3.05) is 0 Å². The Morgan fingerprint density at radius 1 is 0.510 bits per heavy atom. The maximum atomic E-state index is 6.76. The van der Waals surface area contributed by atoms with Crippen molar-refractivity contribution in [3.63, 3.8) is 0 Å². The first-order valence-electron chi connectivity index (χ1n) is 17.2. The van der Waals surface area contributed by atoms with E-state index in [4.69, 9.17) is 8.83 Å².